The van der Waals surface area contributed by atoms with Gasteiger partial charge in [0, 0.05) is 22.7 Å². The summed E-state index contributed by atoms with van der Waals surface area (Å²) < 4.78 is 6.91. The van der Waals surface area contributed by atoms with Gasteiger partial charge in [-0.2, -0.15) is 0 Å². The van der Waals surface area contributed by atoms with Crippen molar-refractivity contribution in [2.24, 2.45) is 0 Å². The van der Waals surface area contributed by atoms with Crippen LogP contribution in [0.25, 0.3) is 16.9 Å². The van der Waals surface area contributed by atoms with Crippen molar-refractivity contribution in [3.8, 4) is 11.3 Å². The van der Waals surface area contributed by atoms with Crippen LogP contribution in [0, 0.1) is 0 Å². The zero-order valence-corrected chi connectivity index (χ0v) is 12.0. The monoisotopic (exact) mass is 313 g/mol. The quantitative estimate of drug-likeness (QED) is 0.596. The van der Waals surface area contributed by atoms with Crippen molar-refractivity contribution in [1.29, 1.82) is 0 Å². The van der Waals surface area contributed by atoms with Crippen LogP contribution in [0.3, 0.4) is 0 Å². The molecule has 0 aliphatic carbocycles. The van der Waals surface area contributed by atoms with E-state index in [-0.39, 0.29) is 4.28 Å². The summed E-state index contributed by atoms with van der Waals surface area (Å²) in [5.74, 6) is 1.86. The lowest BCUT2D eigenvalue weighted by atomic mass is 10.2. The minimum Gasteiger partial charge on any atom is -0.467 e. The van der Waals surface area contributed by atoms with Crippen LogP contribution >= 0.6 is 0 Å². The maximum atomic E-state index is 6.02. The number of furan rings is 1. The van der Waals surface area contributed by atoms with E-state index in [1.165, 1.54) is 6.33 Å². The molecule has 0 radical (unpaired) electrons. The predicted octanol–water partition coefficient (Wildman–Crippen LogP) is 2.71. The van der Waals surface area contributed by atoms with E-state index in [1.54, 1.807) is 29.2 Å². The zero-order chi connectivity index (χ0) is 15.6. The first-order valence-electron chi connectivity index (χ1n) is 6.99. The van der Waals surface area contributed by atoms with Crippen molar-refractivity contribution in [1.82, 2.24) is 24.6 Å². The Kier molecular flexibility index (Phi) is 3.12. The molecule has 120 valence electrons. The third-order valence-electron chi connectivity index (χ3n) is 3.37. The first-order chi connectivity index (χ1) is 11.3. The van der Waals surface area contributed by atoms with Gasteiger partial charge in [0.15, 0.2) is 11.5 Å². The summed E-state index contributed by atoms with van der Waals surface area (Å²) >= 11 is 0. The van der Waals surface area contributed by atoms with Gasteiger partial charge in [0.1, 0.15) is 17.9 Å². The minimum atomic E-state index is 0. The normalized spacial score (nSPS) is 11.0. The van der Waals surface area contributed by atoms with Gasteiger partial charge in [0.25, 0.3) is 0 Å². The highest BCUT2D eigenvalue weighted by Gasteiger charge is 2.15. The molecule has 4 aromatic heterocycles. The number of fused-ring (bicyclic) bond motifs is 1. The summed E-state index contributed by atoms with van der Waals surface area (Å²) in [6, 6.07) is 7.33. The van der Waals surface area contributed by atoms with E-state index < -0.39 is 0 Å². The molecular weight excluding hydrogens is 294 g/mol. The van der Waals surface area contributed by atoms with Crippen molar-refractivity contribution < 1.29 is 8.70 Å². The van der Waals surface area contributed by atoms with Gasteiger partial charge in [-0.25, -0.2) is 19.5 Å². The lowest BCUT2D eigenvalue weighted by Gasteiger charge is -2.05. The summed E-state index contributed by atoms with van der Waals surface area (Å²) in [4.78, 5) is 12.8. The molecule has 8 nitrogen and oxygen atoms in total. The Bertz CT molecular complexity index is 959. The molecule has 0 unspecified atom stereocenters. The summed E-state index contributed by atoms with van der Waals surface area (Å²) in [5, 5.41) is 7.43. The second kappa shape index (κ2) is 5.41. The van der Waals surface area contributed by atoms with E-state index in [9.17, 15) is 0 Å². The Morgan fingerprint density at radius 3 is 3.09 bits per heavy atom. The summed E-state index contributed by atoms with van der Waals surface area (Å²) in [6.07, 6.45) is 6.59. The van der Waals surface area contributed by atoms with Gasteiger partial charge in [-0.15, -0.1) is 5.10 Å². The molecular formula is C15H19N7O. The molecule has 8 heteroatoms. The number of anilines is 2. The molecule has 0 atom stereocenters. The minimum absolute atomic E-state index is 0. The largest absolute Gasteiger partial charge is 0.467 e. The Balaban J connectivity index is 0.00000113. The molecule has 0 fully saturated rings. The number of hydrogen-bond donors (Lipinski definition) is 2. The van der Waals surface area contributed by atoms with Gasteiger partial charge >= 0.3 is 0 Å². The van der Waals surface area contributed by atoms with E-state index in [0.717, 1.165) is 5.76 Å². The number of nitrogens with zero attached hydrogens (tertiary/aromatic N) is 5. The molecule has 0 amide bonds. The molecule has 0 saturated heterocycles. The molecule has 4 heterocycles. The SMILES string of the molecule is Nc1nn2cccnc2c1-c1cc(NCc2ccco2)ncn1.[HH].[HH].[HH]. The first-order valence-corrected chi connectivity index (χ1v) is 6.99. The maximum absolute atomic E-state index is 6.02. The average Bonchev–Trinajstić information content (AvgIpc) is 3.19. The van der Waals surface area contributed by atoms with Crippen LogP contribution in [-0.2, 0) is 6.54 Å². The van der Waals surface area contributed by atoms with Gasteiger partial charge in [0.2, 0.25) is 0 Å². The standard InChI is InChI=1S/C15H13N7O.3H2/c16-14-13(15-17-4-2-5-22(15)21-14)11-7-12(20-9-19-11)18-8-10-3-1-6-23-10;;;/h1-7,9H,8H2,(H2,16,21)(H,18,19,20);3*1H. The van der Waals surface area contributed by atoms with Crippen LogP contribution in [0.2, 0.25) is 0 Å². The van der Waals surface area contributed by atoms with Crippen LogP contribution < -0.4 is 11.1 Å². The topological polar surface area (TPSA) is 107 Å². The molecule has 0 aliphatic heterocycles. The lowest BCUT2D eigenvalue weighted by Crippen LogP contribution is -2.01. The summed E-state index contributed by atoms with van der Waals surface area (Å²) in [7, 11) is 0. The van der Waals surface area contributed by atoms with Crippen LogP contribution in [0.1, 0.15) is 10.0 Å². The fourth-order valence-electron chi connectivity index (χ4n) is 2.33. The Morgan fingerprint density at radius 2 is 2.22 bits per heavy atom. The van der Waals surface area contributed by atoms with Crippen molar-refractivity contribution in [3.05, 3.63) is 55.0 Å². The lowest BCUT2D eigenvalue weighted by molar-refractivity contribution is 0.518. The van der Waals surface area contributed by atoms with Gasteiger partial charge in [-0.3, -0.25) is 0 Å². The van der Waals surface area contributed by atoms with Crippen molar-refractivity contribution in [3.63, 3.8) is 0 Å². The predicted molar refractivity (Wildman–Crippen MR) is 90.8 cm³/mol. The molecule has 0 bridgehead atoms. The highest BCUT2D eigenvalue weighted by atomic mass is 16.3. The summed E-state index contributed by atoms with van der Waals surface area (Å²) in [6.45, 7) is 0.534. The average molecular weight is 313 g/mol. The first kappa shape index (κ1) is 13.3. The van der Waals surface area contributed by atoms with E-state index >= 15 is 0 Å². The number of nitrogens with one attached hydrogen (secondary N) is 1. The van der Waals surface area contributed by atoms with Crippen molar-refractivity contribution in [2.75, 3.05) is 11.1 Å². The highest BCUT2D eigenvalue weighted by molar-refractivity contribution is 5.84. The van der Waals surface area contributed by atoms with Gasteiger partial charge in [-0.05, 0) is 18.2 Å². The summed E-state index contributed by atoms with van der Waals surface area (Å²) in [5.41, 5.74) is 8.02. The molecule has 0 aliphatic rings. The molecule has 23 heavy (non-hydrogen) atoms. The second-order valence-corrected chi connectivity index (χ2v) is 4.87. The Hall–Kier alpha value is -3.42. The van der Waals surface area contributed by atoms with Gasteiger partial charge in [0.05, 0.1) is 24.1 Å². The van der Waals surface area contributed by atoms with Crippen LogP contribution in [-0.4, -0.2) is 24.6 Å². The van der Waals surface area contributed by atoms with E-state index in [2.05, 4.69) is 25.4 Å². The number of aromatic nitrogens is 5. The van der Waals surface area contributed by atoms with Crippen LogP contribution in [0.5, 0.6) is 0 Å². The van der Waals surface area contributed by atoms with Gasteiger partial charge in [-0.1, -0.05) is 0 Å². The Morgan fingerprint density at radius 1 is 1.26 bits per heavy atom. The molecule has 0 aromatic carbocycles. The molecule has 4 rings (SSSR count). The smallest absolute Gasteiger partial charge is 0.166 e. The molecule has 0 spiro atoms. The number of nitrogens with two attached hydrogens (primary N) is 1. The fourth-order valence-corrected chi connectivity index (χ4v) is 2.33. The molecule has 3 N–H and O–H groups in total. The number of nitrogen functional groups attached to an aromatic ring is 1. The molecule has 0 saturated carbocycles. The van der Waals surface area contributed by atoms with Gasteiger partial charge < -0.3 is 15.5 Å². The Labute approximate surface area is 135 Å². The van der Waals surface area contributed by atoms with E-state index in [4.69, 9.17) is 10.2 Å². The van der Waals surface area contributed by atoms with Crippen molar-refractivity contribution >= 4 is 17.3 Å². The van der Waals surface area contributed by atoms with Crippen molar-refractivity contribution in [2.45, 2.75) is 6.54 Å². The highest BCUT2D eigenvalue weighted by Crippen LogP contribution is 2.28. The number of hydrogen-bond acceptors (Lipinski definition) is 7. The van der Waals surface area contributed by atoms with E-state index in [1.807, 2.05) is 18.2 Å². The van der Waals surface area contributed by atoms with Crippen LogP contribution in [0.4, 0.5) is 11.6 Å². The second-order valence-electron chi connectivity index (χ2n) is 4.87. The maximum Gasteiger partial charge on any atom is 0.166 e. The van der Waals surface area contributed by atoms with E-state index in [0.29, 0.717) is 35.1 Å². The fraction of sp³-hybridized carbons (Fsp3) is 0.0667. The van der Waals surface area contributed by atoms with Crippen LogP contribution in [0.15, 0.2) is 53.7 Å². The third kappa shape index (κ3) is 2.46. The molecule has 4 aromatic rings. The zero-order valence-electron chi connectivity index (χ0n) is 12.0. The third-order valence-corrected chi connectivity index (χ3v) is 3.37. The number of rotatable bonds is 4.